The molecule has 3 saturated heterocycles. The predicted molar refractivity (Wildman–Crippen MR) is 292 cm³/mol. The number of fused-ring (bicyclic) bond motifs is 1. The van der Waals surface area contributed by atoms with Crippen LogP contribution in [-0.2, 0) is 42.7 Å². The van der Waals surface area contributed by atoms with Gasteiger partial charge in [0, 0.05) is 81.8 Å². The van der Waals surface area contributed by atoms with Gasteiger partial charge < -0.3 is 83.7 Å². The van der Waals surface area contributed by atoms with E-state index in [0.717, 1.165) is 18.9 Å². The molecule has 0 radical (unpaired) electrons. The lowest BCUT2D eigenvalue weighted by atomic mass is 9.77. The number of nitrogens with one attached hydrogen (secondary N) is 2. The van der Waals surface area contributed by atoms with Crippen LogP contribution in [0.1, 0.15) is 137 Å². The maximum Gasteiger partial charge on any atom is 0.341 e. The Morgan fingerprint density at radius 2 is 1.65 bits per heavy atom. The summed E-state index contributed by atoms with van der Waals surface area (Å²) in [4.78, 5) is 56.0. The van der Waals surface area contributed by atoms with E-state index < -0.39 is 119 Å². The molecule has 22 heteroatoms. The van der Waals surface area contributed by atoms with Crippen molar-refractivity contribution in [2.24, 2.45) is 17.8 Å². The Bertz CT molecular complexity index is 2460. The van der Waals surface area contributed by atoms with Crippen molar-refractivity contribution in [2.45, 2.75) is 217 Å². The lowest BCUT2D eigenvalue weighted by Gasteiger charge is -2.49. The molecular weight excluding hydrogens is 1030 g/mol. The molecular formula is C57H92FN5O16. The summed E-state index contributed by atoms with van der Waals surface area (Å²) in [6, 6.07) is 1.66. The van der Waals surface area contributed by atoms with Crippen molar-refractivity contribution in [3.05, 3.63) is 39.9 Å². The number of halogens is 1. The van der Waals surface area contributed by atoms with Gasteiger partial charge >= 0.3 is 11.9 Å². The van der Waals surface area contributed by atoms with Gasteiger partial charge in [0.1, 0.15) is 41.4 Å². The molecule has 1 saturated carbocycles. The minimum Gasteiger partial charge on any atom is -0.477 e. The Labute approximate surface area is 464 Å². The van der Waals surface area contributed by atoms with E-state index in [4.69, 9.17) is 33.2 Å². The summed E-state index contributed by atoms with van der Waals surface area (Å²) in [5, 5.41) is 63.5. The number of ether oxygens (including phenoxy) is 7. The number of amides is 1. The van der Waals surface area contributed by atoms with E-state index >= 15 is 4.39 Å². The number of aliphatic hydroxyl groups excluding tert-OH is 2. The monoisotopic (exact) mass is 1120 g/mol. The normalized spacial score (nSPS) is 37.5. The largest absolute Gasteiger partial charge is 0.477 e. The van der Waals surface area contributed by atoms with Crippen molar-refractivity contribution in [2.75, 3.05) is 59.8 Å². The van der Waals surface area contributed by atoms with E-state index in [-0.39, 0.29) is 86.5 Å². The summed E-state index contributed by atoms with van der Waals surface area (Å²) in [5.41, 5.74) is -5.14. The number of carbonyl (C=O) groups excluding carboxylic acids is 2. The average molecular weight is 1120 g/mol. The predicted octanol–water partition coefficient (Wildman–Crippen LogP) is 4.42. The first kappa shape index (κ1) is 64.3. The van der Waals surface area contributed by atoms with Crippen LogP contribution in [0.3, 0.4) is 0 Å². The van der Waals surface area contributed by atoms with Crippen LogP contribution in [0.4, 0.5) is 10.1 Å². The first-order valence-corrected chi connectivity index (χ1v) is 28.2. The van der Waals surface area contributed by atoms with Gasteiger partial charge in [0.15, 0.2) is 12.6 Å². The molecule has 0 unspecified atom stereocenters. The molecule has 1 aromatic carbocycles. The molecule has 21 nitrogen and oxygen atoms in total. The molecule has 4 fully saturated rings. The lowest BCUT2D eigenvalue weighted by Crippen LogP contribution is -2.61. The van der Waals surface area contributed by atoms with Gasteiger partial charge in [0.2, 0.25) is 11.3 Å². The Hall–Kier alpha value is -3.91. The lowest BCUT2D eigenvalue weighted by molar-refractivity contribution is -0.320. The standard InChI is InChI=1S/C57H92FN5O16/c1-15-43-57(10,72)49(67)34(6)62(13)28-30(2)26-55(8,71)50(79-54-47(66)42(61(11)12)23-31(3)75-54)32(4)48(33(5)53(70)77-43)78-45-27-56(9,73-14)51(35(7)76-45)74-22-16-17-44(64)60-21-20-59-40-25-41-37(24-39(40)58)46(65)38(52(68)69)29-63(41)36-18-19-36/h24-25,29-36,42-43,45,47-51,54,59,66-67,71-72H,15-23,26-28H2,1-14H3,(H,60,64)(H,68,69)/t30-,31-,32+,33-,34-,35+,42+,43-,45+,47-,48+,49-,50-,51+,54+,55-,56-,57-/m1/s1. The summed E-state index contributed by atoms with van der Waals surface area (Å²) in [7, 11) is 7.12. The van der Waals surface area contributed by atoms with E-state index in [2.05, 4.69) is 10.6 Å². The molecule has 18 atom stereocenters. The minimum absolute atomic E-state index is 0.0144. The number of anilines is 1. The summed E-state index contributed by atoms with van der Waals surface area (Å²) >= 11 is 0. The number of likely N-dealkylation sites (N-methyl/N-ethyl adjacent to an activating group) is 2. The number of aromatic carboxylic acids is 1. The molecule has 1 aliphatic carbocycles. The number of hydrogen-bond acceptors (Lipinski definition) is 18. The van der Waals surface area contributed by atoms with Gasteiger partial charge in [-0.2, -0.15) is 0 Å². The molecule has 4 heterocycles. The smallest absolute Gasteiger partial charge is 0.341 e. The Morgan fingerprint density at radius 3 is 2.27 bits per heavy atom. The summed E-state index contributed by atoms with van der Waals surface area (Å²) in [5.74, 6) is -5.19. The van der Waals surface area contributed by atoms with Gasteiger partial charge in [0.05, 0.1) is 52.7 Å². The Morgan fingerprint density at radius 1 is 0.962 bits per heavy atom. The zero-order valence-electron chi connectivity index (χ0n) is 48.9. The zero-order valence-corrected chi connectivity index (χ0v) is 48.9. The number of esters is 1. The summed E-state index contributed by atoms with van der Waals surface area (Å²) in [6.45, 7) is 18.6. The second-order valence-electron chi connectivity index (χ2n) is 24.1. The molecule has 3 aliphatic heterocycles. The van der Waals surface area contributed by atoms with Crippen LogP contribution < -0.4 is 16.1 Å². The van der Waals surface area contributed by atoms with Gasteiger partial charge in [0.25, 0.3) is 0 Å². The van der Waals surface area contributed by atoms with Crippen LogP contribution >= 0.6 is 0 Å². The number of benzene rings is 1. The SMILES string of the molecule is CC[C@H]1OC(=O)[C@H](C)[C@@H](O[C@H]2C[C@@](C)(OC)[C@@H](OCCCC(=O)NCCNc3cc4c(cc3F)c(=O)c(C(=O)O)cn4C3CC3)[C@H](C)O2)[C@H](C)[C@@H](O[C@@H]2O[C@H](C)C[C@H](N(C)C)[C@H]2O)[C@](C)(O)C[C@@H](C)CN(C)[C@H](C)[C@@H](O)[C@]1(C)O. The third-order valence-corrected chi connectivity index (χ3v) is 17.1. The van der Waals surface area contributed by atoms with Crippen LogP contribution in [0.15, 0.2) is 23.1 Å². The molecule has 6 rings (SSSR count). The van der Waals surface area contributed by atoms with Crippen molar-refractivity contribution in [3.8, 4) is 0 Å². The third kappa shape index (κ3) is 15.0. The van der Waals surface area contributed by atoms with Crippen molar-refractivity contribution in [3.63, 3.8) is 0 Å². The first-order chi connectivity index (χ1) is 37.0. The van der Waals surface area contributed by atoms with E-state index in [1.54, 1.807) is 39.4 Å². The van der Waals surface area contributed by atoms with Crippen LogP contribution in [0.5, 0.6) is 0 Å². The second-order valence-corrected chi connectivity index (χ2v) is 24.1. The highest BCUT2D eigenvalue weighted by atomic mass is 19.1. The molecule has 1 aromatic heterocycles. The highest BCUT2D eigenvalue weighted by Crippen LogP contribution is 2.42. The number of carboxylic acids is 1. The molecule has 448 valence electrons. The molecule has 4 aliphatic rings. The fourth-order valence-electron chi connectivity index (χ4n) is 12.3. The second kappa shape index (κ2) is 26.6. The average Bonchev–Trinajstić information content (AvgIpc) is 4.33. The van der Waals surface area contributed by atoms with E-state index in [1.165, 1.54) is 19.2 Å². The number of pyridine rings is 1. The molecule has 0 bridgehead atoms. The number of methoxy groups -OCH3 is 1. The van der Waals surface area contributed by atoms with Gasteiger partial charge in [-0.25, -0.2) is 9.18 Å². The van der Waals surface area contributed by atoms with Crippen molar-refractivity contribution in [1.29, 1.82) is 0 Å². The molecule has 0 spiro atoms. The topological polar surface area (TPSA) is 270 Å². The number of hydrogen-bond donors (Lipinski definition) is 7. The van der Waals surface area contributed by atoms with E-state index in [1.807, 2.05) is 65.6 Å². The number of cyclic esters (lactones) is 1. The van der Waals surface area contributed by atoms with E-state index in [9.17, 15) is 44.7 Å². The number of aliphatic hydroxyl groups is 4. The third-order valence-electron chi connectivity index (χ3n) is 17.1. The number of aromatic nitrogens is 1. The first-order valence-electron chi connectivity index (χ1n) is 28.2. The molecule has 2 aromatic rings. The highest BCUT2D eigenvalue weighted by Gasteiger charge is 2.53. The van der Waals surface area contributed by atoms with Crippen LogP contribution in [0, 0.1) is 23.6 Å². The Balaban J connectivity index is 1.15. The van der Waals surface area contributed by atoms with Crippen LogP contribution in [0.25, 0.3) is 10.9 Å². The summed E-state index contributed by atoms with van der Waals surface area (Å²) in [6.07, 6.45) is -5.15. The van der Waals surface area contributed by atoms with Gasteiger partial charge in [-0.1, -0.05) is 20.8 Å². The van der Waals surface area contributed by atoms with Gasteiger partial charge in [-0.05, 0) is 126 Å². The highest BCUT2D eigenvalue weighted by molar-refractivity contribution is 5.93. The molecule has 79 heavy (non-hydrogen) atoms. The van der Waals surface area contributed by atoms with Crippen LogP contribution in [0.2, 0.25) is 0 Å². The number of nitrogens with zero attached hydrogens (tertiary/aromatic N) is 3. The zero-order chi connectivity index (χ0) is 58.6. The maximum absolute atomic E-state index is 15.2. The number of rotatable bonds is 18. The fraction of sp³-hybridized carbons (Fsp3) is 0.789. The van der Waals surface area contributed by atoms with Crippen LogP contribution in [-0.4, -0.2) is 203 Å². The number of carboxylic acid groups (broad SMARTS) is 1. The fourth-order valence-corrected chi connectivity index (χ4v) is 12.3. The van der Waals surface area contributed by atoms with Crippen molar-refractivity contribution >= 4 is 34.4 Å². The number of carbonyl (C=O) groups is 3. The van der Waals surface area contributed by atoms with Gasteiger partial charge in [-0.15, -0.1) is 0 Å². The maximum atomic E-state index is 15.2. The molecule has 7 N–H and O–H groups in total. The molecule has 1 amide bonds. The Kier molecular flexibility index (Phi) is 21.6. The summed E-state index contributed by atoms with van der Waals surface area (Å²) < 4.78 is 62.3. The van der Waals surface area contributed by atoms with E-state index in [0.29, 0.717) is 24.9 Å². The van der Waals surface area contributed by atoms with Gasteiger partial charge in [-0.3, -0.25) is 14.4 Å². The van der Waals surface area contributed by atoms with Crippen molar-refractivity contribution < 1.29 is 77.5 Å². The minimum atomic E-state index is -1.86. The quantitative estimate of drug-likeness (QED) is 0.0804. The van der Waals surface area contributed by atoms with Crippen molar-refractivity contribution in [1.82, 2.24) is 19.7 Å².